The zero-order valence-electron chi connectivity index (χ0n) is 4.97. The molecule has 8 heteroatoms. The minimum Gasteiger partial charge on any atom is -0.302 e. The molecule has 1 amide bonds. The van der Waals surface area contributed by atoms with Crippen LogP contribution in [0.15, 0.2) is 0 Å². The third-order valence-corrected chi connectivity index (χ3v) is 1.77. The average molecular weight is 187 g/mol. The van der Waals surface area contributed by atoms with E-state index >= 15 is 0 Å². The second-order valence-electron chi connectivity index (χ2n) is 1.31. The van der Waals surface area contributed by atoms with Crippen molar-refractivity contribution >= 4 is 26.0 Å². The number of hydrogen-bond acceptors (Lipinski definition) is 4. The van der Waals surface area contributed by atoms with Crippen LogP contribution in [0, 0.1) is 0 Å². The molecular formula is C2H6NO5PS. The monoisotopic (exact) mass is 187 g/mol. The lowest BCUT2D eigenvalue weighted by Crippen LogP contribution is -2.10. The van der Waals surface area contributed by atoms with Crippen LogP contribution in [0.4, 0.5) is 0 Å². The summed E-state index contributed by atoms with van der Waals surface area (Å²) in [6, 6.07) is 0. The van der Waals surface area contributed by atoms with Gasteiger partial charge < -0.3 is 9.79 Å². The van der Waals surface area contributed by atoms with Gasteiger partial charge in [-0.1, -0.05) is 0 Å². The zero-order chi connectivity index (χ0) is 8.20. The highest BCUT2D eigenvalue weighted by molar-refractivity contribution is 7.96. The molecular weight excluding hydrogens is 181 g/mol. The van der Waals surface area contributed by atoms with Crippen molar-refractivity contribution in [1.82, 2.24) is 4.72 Å². The van der Waals surface area contributed by atoms with Gasteiger partial charge in [-0.05, 0) is 0 Å². The lowest BCUT2D eigenvalue weighted by atomic mass is 10.8. The summed E-state index contributed by atoms with van der Waals surface area (Å²) in [6.07, 6.45) is 0. The molecule has 0 bridgehead atoms. The zero-order valence-corrected chi connectivity index (χ0v) is 6.69. The molecule has 0 aliphatic rings. The maximum atomic E-state index is 10.1. The molecule has 0 saturated carbocycles. The van der Waals surface area contributed by atoms with Crippen molar-refractivity contribution in [3.8, 4) is 0 Å². The predicted molar refractivity (Wildman–Crippen MR) is 34.5 cm³/mol. The highest BCUT2D eigenvalue weighted by atomic mass is 32.2. The van der Waals surface area contributed by atoms with E-state index in [1.165, 1.54) is 6.92 Å². The van der Waals surface area contributed by atoms with Gasteiger partial charge in [-0.15, -0.1) is 0 Å². The molecule has 0 unspecified atom stereocenters. The topological polar surface area (TPSA) is 95.9 Å². The van der Waals surface area contributed by atoms with Crippen LogP contribution in [-0.4, -0.2) is 15.7 Å². The molecule has 0 rings (SSSR count). The molecule has 10 heavy (non-hydrogen) atoms. The van der Waals surface area contributed by atoms with E-state index in [9.17, 15) is 9.36 Å². The van der Waals surface area contributed by atoms with Crippen LogP contribution < -0.4 is 4.72 Å². The van der Waals surface area contributed by atoms with E-state index in [4.69, 9.17) is 9.79 Å². The van der Waals surface area contributed by atoms with Crippen LogP contribution in [0.2, 0.25) is 0 Å². The van der Waals surface area contributed by atoms with Gasteiger partial charge in [-0.2, -0.15) is 3.97 Å². The Morgan fingerprint density at radius 2 is 2.20 bits per heavy atom. The van der Waals surface area contributed by atoms with Crippen LogP contribution in [0.1, 0.15) is 6.92 Å². The molecule has 0 spiro atoms. The van der Waals surface area contributed by atoms with E-state index in [0.29, 0.717) is 0 Å². The smallest absolute Gasteiger partial charge is 0.302 e. The first-order chi connectivity index (χ1) is 4.42. The SMILES string of the molecule is CC(=O)NSOP(=O)(O)O. The van der Waals surface area contributed by atoms with Gasteiger partial charge in [0.2, 0.25) is 5.91 Å². The molecule has 0 atom stereocenters. The fourth-order valence-electron chi connectivity index (χ4n) is 0.126. The van der Waals surface area contributed by atoms with Gasteiger partial charge in [0, 0.05) is 6.92 Å². The van der Waals surface area contributed by atoms with E-state index in [1.54, 1.807) is 0 Å². The van der Waals surface area contributed by atoms with E-state index < -0.39 is 13.7 Å². The van der Waals surface area contributed by atoms with Crippen molar-refractivity contribution in [2.24, 2.45) is 0 Å². The lowest BCUT2D eigenvalue weighted by Gasteiger charge is -2.01. The molecule has 60 valence electrons. The van der Waals surface area contributed by atoms with Crippen LogP contribution in [0.25, 0.3) is 0 Å². The molecule has 0 aromatic rings. The third kappa shape index (κ3) is 7.93. The molecule has 0 heterocycles. The van der Waals surface area contributed by atoms with Gasteiger partial charge in [0.1, 0.15) is 12.2 Å². The van der Waals surface area contributed by atoms with Crippen molar-refractivity contribution < 1.29 is 23.1 Å². The fourth-order valence-corrected chi connectivity index (χ4v) is 0.781. The van der Waals surface area contributed by atoms with Gasteiger partial charge in [0.25, 0.3) is 0 Å². The Hall–Kier alpha value is -0.0700. The standard InChI is InChI=1S/C2H6NO5PS/c1-2(4)3-10-8-9(5,6)7/h1H3,(H,3,4)(H2,5,6,7). The van der Waals surface area contributed by atoms with Crippen LogP contribution >= 0.6 is 20.1 Å². The van der Waals surface area contributed by atoms with Crippen LogP contribution in [0.5, 0.6) is 0 Å². The van der Waals surface area contributed by atoms with Gasteiger partial charge in [0.05, 0.1) is 0 Å². The molecule has 0 aromatic heterocycles. The first kappa shape index (κ1) is 9.93. The Bertz CT molecular complexity index is 165. The summed E-state index contributed by atoms with van der Waals surface area (Å²) in [4.78, 5) is 26.2. The summed E-state index contributed by atoms with van der Waals surface area (Å²) in [5.74, 6) is -0.446. The van der Waals surface area contributed by atoms with Gasteiger partial charge in [-0.3, -0.25) is 9.52 Å². The van der Waals surface area contributed by atoms with E-state index in [-0.39, 0.29) is 12.2 Å². The molecule has 3 N–H and O–H groups in total. The minimum atomic E-state index is -4.47. The highest BCUT2D eigenvalue weighted by Crippen LogP contribution is 2.39. The van der Waals surface area contributed by atoms with Gasteiger partial charge in [0.15, 0.2) is 0 Å². The number of phosphoric acid groups is 1. The number of rotatable bonds is 3. The molecule has 0 aromatic carbocycles. The van der Waals surface area contributed by atoms with E-state index in [0.717, 1.165) is 0 Å². The van der Waals surface area contributed by atoms with Crippen molar-refractivity contribution in [2.75, 3.05) is 0 Å². The predicted octanol–water partition coefficient (Wildman–Crippen LogP) is -0.205. The molecule has 0 aliphatic carbocycles. The maximum Gasteiger partial charge on any atom is 0.482 e. The highest BCUT2D eigenvalue weighted by Gasteiger charge is 2.14. The first-order valence-electron chi connectivity index (χ1n) is 2.09. The Morgan fingerprint density at radius 3 is 2.50 bits per heavy atom. The lowest BCUT2D eigenvalue weighted by molar-refractivity contribution is -0.117. The number of nitrogens with one attached hydrogen (secondary N) is 1. The second kappa shape index (κ2) is 3.95. The summed E-state index contributed by atoms with van der Waals surface area (Å²) in [5, 5.41) is 0. The van der Waals surface area contributed by atoms with Crippen molar-refractivity contribution in [3.05, 3.63) is 0 Å². The molecule has 6 nitrogen and oxygen atoms in total. The fraction of sp³-hybridized carbons (Fsp3) is 0.500. The Balaban J connectivity index is 3.39. The Morgan fingerprint density at radius 1 is 1.70 bits per heavy atom. The first-order valence-corrected chi connectivity index (χ1v) is 4.36. The number of carbonyl (C=O) groups excluding carboxylic acids is 1. The molecule has 0 aliphatic heterocycles. The Kier molecular flexibility index (Phi) is 3.92. The molecule has 0 saturated heterocycles. The van der Waals surface area contributed by atoms with Crippen molar-refractivity contribution in [3.63, 3.8) is 0 Å². The van der Waals surface area contributed by atoms with Crippen LogP contribution in [0.3, 0.4) is 0 Å². The van der Waals surface area contributed by atoms with Crippen LogP contribution in [-0.2, 0) is 13.3 Å². The van der Waals surface area contributed by atoms with Gasteiger partial charge in [-0.25, -0.2) is 4.57 Å². The normalized spacial score (nSPS) is 11.1. The second-order valence-corrected chi connectivity index (χ2v) is 3.25. The minimum absolute atomic E-state index is 0.206. The maximum absolute atomic E-state index is 10.1. The molecule has 0 radical (unpaired) electrons. The summed E-state index contributed by atoms with van der Waals surface area (Å²) in [6.45, 7) is 1.19. The number of hydrogen-bond donors (Lipinski definition) is 3. The van der Waals surface area contributed by atoms with Crippen molar-refractivity contribution in [1.29, 1.82) is 0 Å². The summed E-state index contributed by atoms with van der Waals surface area (Å²) >= 11 is 0.206. The third-order valence-electron chi connectivity index (χ3n) is 0.320. The summed E-state index contributed by atoms with van der Waals surface area (Å²) < 4.78 is 15.7. The summed E-state index contributed by atoms with van der Waals surface area (Å²) in [7, 11) is -4.47. The largest absolute Gasteiger partial charge is 0.482 e. The van der Waals surface area contributed by atoms with E-state index in [2.05, 4.69) is 3.97 Å². The number of carbonyl (C=O) groups is 1. The Labute approximate surface area is 61.5 Å². The van der Waals surface area contributed by atoms with Gasteiger partial charge >= 0.3 is 7.82 Å². The van der Waals surface area contributed by atoms with E-state index in [1.807, 2.05) is 4.72 Å². The van der Waals surface area contributed by atoms with Crippen molar-refractivity contribution in [2.45, 2.75) is 6.92 Å². The molecule has 0 fully saturated rings. The summed E-state index contributed by atoms with van der Waals surface area (Å²) in [5.41, 5.74) is 0. The number of amides is 1. The average Bonchev–Trinajstić information content (AvgIpc) is 1.59. The quantitative estimate of drug-likeness (QED) is 0.321.